The van der Waals surface area contributed by atoms with Gasteiger partial charge in [0.1, 0.15) is 0 Å². The fraction of sp³-hybridized carbons (Fsp3) is 0.842. The van der Waals surface area contributed by atoms with E-state index in [9.17, 15) is 4.79 Å². The van der Waals surface area contributed by atoms with Crippen molar-refractivity contribution in [2.75, 3.05) is 52.5 Å². The van der Waals surface area contributed by atoms with E-state index < -0.39 is 0 Å². The molecule has 2 fully saturated rings. The van der Waals surface area contributed by atoms with Gasteiger partial charge in [-0.1, -0.05) is 5.57 Å². The summed E-state index contributed by atoms with van der Waals surface area (Å²) in [5, 5.41) is 3.06. The fourth-order valence-electron chi connectivity index (χ4n) is 3.84. The molecular weight excluding hydrogens is 302 g/mol. The van der Waals surface area contributed by atoms with Gasteiger partial charge >= 0.3 is 0 Å². The molecule has 138 valence electrons. The van der Waals surface area contributed by atoms with Gasteiger partial charge in [-0.3, -0.25) is 9.69 Å². The van der Waals surface area contributed by atoms with Crippen molar-refractivity contribution in [2.24, 2.45) is 5.92 Å². The second-order valence-electron chi connectivity index (χ2n) is 8.12. The topological polar surface area (TPSA) is 44.8 Å². The van der Waals surface area contributed by atoms with Crippen molar-refractivity contribution in [1.29, 1.82) is 0 Å². The monoisotopic (exact) mass is 337 g/mol. The molecule has 0 unspecified atom stereocenters. The first kappa shape index (κ1) is 19.4. The average Bonchev–Trinajstić information content (AvgIpc) is 2.53. The van der Waals surface area contributed by atoms with Crippen LogP contribution in [0.15, 0.2) is 11.6 Å². The van der Waals surface area contributed by atoms with Crippen molar-refractivity contribution in [3.05, 3.63) is 11.6 Å². The normalized spacial score (nSPS) is 23.8. The first-order valence-electron chi connectivity index (χ1n) is 9.35. The number of carbonyl (C=O) groups is 1. The molecule has 24 heavy (non-hydrogen) atoms. The summed E-state index contributed by atoms with van der Waals surface area (Å²) in [7, 11) is 0. The second-order valence-corrected chi connectivity index (χ2v) is 8.12. The van der Waals surface area contributed by atoms with E-state index in [2.05, 4.69) is 29.0 Å². The maximum atomic E-state index is 11.8. The molecule has 2 aliphatic rings. The number of amides is 1. The van der Waals surface area contributed by atoms with Gasteiger partial charge in [-0.15, -0.1) is 0 Å². The van der Waals surface area contributed by atoms with E-state index in [0.29, 0.717) is 5.92 Å². The van der Waals surface area contributed by atoms with E-state index in [1.54, 1.807) is 6.08 Å². The van der Waals surface area contributed by atoms with Gasteiger partial charge in [0.25, 0.3) is 0 Å². The van der Waals surface area contributed by atoms with Crippen LogP contribution in [0.25, 0.3) is 0 Å². The second kappa shape index (κ2) is 8.97. The van der Waals surface area contributed by atoms with Crippen LogP contribution < -0.4 is 5.32 Å². The van der Waals surface area contributed by atoms with Crippen molar-refractivity contribution in [3.63, 3.8) is 0 Å². The molecule has 5 nitrogen and oxygen atoms in total. The number of hydrogen-bond acceptors (Lipinski definition) is 4. The predicted molar refractivity (Wildman–Crippen MR) is 98.1 cm³/mol. The van der Waals surface area contributed by atoms with Crippen LogP contribution in [-0.2, 0) is 9.53 Å². The molecule has 2 rings (SSSR count). The van der Waals surface area contributed by atoms with Gasteiger partial charge in [0.2, 0.25) is 5.91 Å². The van der Waals surface area contributed by atoms with Gasteiger partial charge in [0, 0.05) is 44.3 Å². The number of carbonyl (C=O) groups excluding carboxylic acids is 1. The first-order chi connectivity index (χ1) is 11.4. The third kappa shape index (κ3) is 6.19. The number of nitrogens with zero attached hydrogens (tertiary/aromatic N) is 2. The van der Waals surface area contributed by atoms with Gasteiger partial charge in [-0.25, -0.2) is 0 Å². The molecule has 0 aromatic heterocycles. The average molecular weight is 338 g/mol. The number of piperidine rings is 1. The summed E-state index contributed by atoms with van der Waals surface area (Å²) in [6, 6.07) is 0. The van der Waals surface area contributed by atoms with Crippen LogP contribution in [0.3, 0.4) is 0 Å². The highest BCUT2D eigenvalue weighted by Gasteiger charge is 2.32. The van der Waals surface area contributed by atoms with Crippen molar-refractivity contribution in [2.45, 2.75) is 46.1 Å². The standard InChI is InChI=1S/C19H35N3O2/c1-16(2)12-18(23)20-13-17-6-5-7-21(14-17)15-19(3,4)22-8-10-24-11-9-22/h12,17H,5-11,13-15H2,1-4H3,(H,20,23)/t17-/m1/s1. The third-order valence-corrected chi connectivity index (χ3v) is 5.07. The summed E-state index contributed by atoms with van der Waals surface area (Å²) >= 11 is 0. The maximum Gasteiger partial charge on any atom is 0.243 e. The zero-order valence-electron chi connectivity index (χ0n) is 15.9. The molecule has 0 aromatic carbocycles. The number of morpholine rings is 1. The van der Waals surface area contributed by atoms with Crippen LogP contribution in [0.5, 0.6) is 0 Å². The Kier molecular flexibility index (Phi) is 7.26. The molecule has 0 spiro atoms. The van der Waals surface area contributed by atoms with E-state index in [0.717, 1.165) is 51.5 Å². The van der Waals surface area contributed by atoms with E-state index in [-0.39, 0.29) is 11.4 Å². The SMILES string of the molecule is CC(C)=CC(=O)NC[C@H]1CCCN(CC(C)(C)N2CCOCC2)C1. The number of rotatable bonds is 6. The lowest BCUT2D eigenvalue weighted by Gasteiger charge is -2.45. The quantitative estimate of drug-likeness (QED) is 0.752. The lowest BCUT2D eigenvalue weighted by molar-refractivity contribution is -0.116. The van der Waals surface area contributed by atoms with Gasteiger partial charge in [-0.05, 0) is 53.0 Å². The summed E-state index contributed by atoms with van der Waals surface area (Å²) in [5.41, 5.74) is 1.22. The predicted octanol–water partition coefficient (Wildman–Crippen LogP) is 1.89. The Balaban J connectivity index is 1.79. The van der Waals surface area contributed by atoms with Crippen LogP contribution in [0.4, 0.5) is 0 Å². The Morgan fingerprint density at radius 1 is 1.25 bits per heavy atom. The number of allylic oxidation sites excluding steroid dienone is 1. The van der Waals surface area contributed by atoms with Crippen LogP contribution in [0.2, 0.25) is 0 Å². The van der Waals surface area contributed by atoms with Gasteiger partial charge < -0.3 is 15.0 Å². The molecule has 2 heterocycles. The molecule has 0 aliphatic carbocycles. The molecule has 0 saturated carbocycles. The summed E-state index contributed by atoms with van der Waals surface area (Å²) in [6.07, 6.45) is 4.12. The molecule has 1 atom stereocenters. The summed E-state index contributed by atoms with van der Waals surface area (Å²) < 4.78 is 5.48. The minimum Gasteiger partial charge on any atom is -0.379 e. The Morgan fingerprint density at radius 3 is 2.62 bits per heavy atom. The zero-order chi connectivity index (χ0) is 17.6. The highest BCUT2D eigenvalue weighted by molar-refractivity contribution is 5.87. The molecule has 5 heteroatoms. The maximum absolute atomic E-state index is 11.8. The lowest BCUT2D eigenvalue weighted by Crippen LogP contribution is -2.56. The largest absolute Gasteiger partial charge is 0.379 e. The molecule has 1 amide bonds. The summed E-state index contributed by atoms with van der Waals surface area (Å²) in [6.45, 7) is 16.5. The van der Waals surface area contributed by atoms with Gasteiger partial charge in [0.15, 0.2) is 0 Å². The molecule has 2 saturated heterocycles. The van der Waals surface area contributed by atoms with Gasteiger partial charge in [-0.2, -0.15) is 0 Å². The number of nitrogens with one attached hydrogen (secondary N) is 1. The first-order valence-corrected chi connectivity index (χ1v) is 9.35. The van der Waals surface area contributed by atoms with Crippen molar-refractivity contribution in [1.82, 2.24) is 15.1 Å². The Hall–Kier alpha value is -0.910. The van der Waals surface area contributed by atoms with Crippen molar-refractivity contribution < 1.29 is 9.53 Å². The van der Waals surface area contributed by atoms with Crippen LogP contribution in [0, 0.1) is 5.92 Å². The van der Waals surface area contributed by atoms with Crippen molar-refractivity contribution >= 4 is 5.91 Å². The number of hydrogen-bond donors (Lipinski definition) is 1. The van der Waals surface area contributed by atoms with Crippen molar-refractivity contribution in [3.8, 4) is 0 Å². The molecule has 0 radical (unpaired) electrons. The highest BCUT2D eigenvalue weighted by atomic mass is 16.5. The van der Waals surface area contributed by atoms with E-state index in [1.807, 2.05) is 13.8 Å². The Morgan fingerprint density at radius 2 is 1.96 bits per heavy atom. The summed E-state index contributed by atoms with van der Waals surface area (Å²) in [4.78, 5) is 16.9. The van der Waals surface area contributed by atoms with Gasteiger partial charge in [0.05, 0.1) is 13.2 Å². The highest BCUT2D eigenvalue weighted by Crippen LogP contribution is 2.22. The smallest absolute Gasteiger partial charge is 0.243 e. The van der Waals surface area contributed by atoms with E-state index in [4.69, 9.17) is 4.74 Å². The van der Waals surface area contributed by atoms with Crippen LogP contribution in [-0.4, -0.2) is 73.7 Å². The molecule has 0 aromatic rings. The molecule has 0 bridgehead atoms. The van der Waals surface area contributed by atoms with E-state index >= 15 is 0 Å². The minimum atomic E-state index is 0.0424. The van der Waals surface area contributed by atoms with Crippen LogP contribution >= 0.6 is 0 Å². The molecular formula is C19H35N3O2. The number of ether oxygens (including phenoxy) is 1. The van der Waals surface area contributed by atoms with Crippen LogP contribution in [0.1, 0.15) is 40.5 Å². The lowest BCUT2D eigenvalue weighted by atomic mass is 9.94. The molecule has 2 aliphatic heterocycles. The Bertz CT molecular complexity index is 438. The third-order valence-electron chi connectivity index (χ3n) is 5.07. The Labute approximate surface area is 147 Å². The number of likely N-dealkylation sites (tertiary alicyclic amines) is 1. The molecule has 1 N–H and O–H groups in total. The minimum absolute atomic E-state index is 0.0424. The summed E-state index contributed by atoms with van der Waals surface area (Å²) in [5.74, 6) is 0.606. The fourth-order valence-corrected chi connectivity index (χ4v) is 3.84. The zero-order valence-corrected chi connectivity index (χ0v) is 15.9. The van der Waals surface area contributed by atoms with E-state index in [1.165, 1.54) is 19.4 Å².